The van der Waals surface area contributed by atoms with Gasteiger partial charge in [-0.05, 0) is 25.0 Å². The number of methoxy groups -OCH3 is 3. The molecule has 20 heavy (non-hydrogen) atoms. The summed E-state index contributed by atoms with van der Waals surface area (Å²) in [6.45, 7) is 4.00. The Kier molecular flexibility index (Phi) is 6.15. The van der Waals surface area contributed by atoms with Crippen molar-refractivity contribution < 1.29 is 23.7 Å². The lowest BCUT2D eigenvalue weighted by molar-refractivity contribution is -0.147. The van der Waals surface area contributed by atoms with Crippen molar-refractivity contribution in [2.45, 2.75) is 20.3 Å². The lowest BCUT2D eigenvalue weighted by Crippen LogP contribution is -2.17. The standard InChI is InChI=1S/C15H22O5/c1-6-20-15(16)10(2)9-11-7-8-12(17-3)14(19-5)13(11)18-4/h7-8,10H,6,9H2,1-5H3. The van der Waals surface area contributed by atoms with E-state index in [2.05, 4.69) is 0 Å². The van der Waals surface area contributed by atoms with Crippen LogP contribution in [-0.4, -0.2) is 33.9 Å². The minimum absolute atomic E-state index is 0.218. The van der Waals surface area contributed by atoms with Crippen LogP contribution in [0, 0.1) is 5.92 Å². The summed E-state index contributed by atoms with van der Waals surface area (Å²) in [5, 5.41) is 0. The molecular formula is C15H22O5. The number of benzene rings is 1. The SMILES string of the molecule is CCOC(=O)C(C)Cc1ccc(OC)c(OC)c1OC. The lowest BCUT2D eigenvalue weighted by Gasteiger charge is -2.17. The first kappa shape index (κ1) is 16.1. The topological polar surface area (TPSA) is 54.0 Å². The molecule has 112 valence electrons. The molecule has 1 unspecified atom stereocenters. The van der Waals surface area contributed by atoms with Crippen molar-refractivity contribution in [3.05, 3.63) is 17.7 Å². The van der Waals surface area contributed by atoms with Crippen LogP contribution in [0.1, 0.15) is 19.4 Å². The number of carbonyl (C=O) groups excluding carboxylic acids is 1. The van der Waals surface area contributed by atoms with Crippen LogP contribution in [0.15, 0.2) is 12.1 Å². The number of hydrogen-bond acceptors (Lipinski definition) is 5. The van der Waals surface area contributed by atoms with E-state index in [1.165, 1.54) is 0 Å². The Balaban J connectivity index is 3.03. The molecule has 0 saturated heterocycles. The van der Waals surface area contributed by atoms with Gasteiger partial charge in [0.25, 0.3) is 0 Å². The van der Waals surface area contributed by atoms with Gasteiger partial charge >= 0.3 is 5.97 Å². The number of esters is 1. The highest BCUT2D eigenvalue weighted by Gasteiger charge is 2.21. The van der Waals surface area contributed by atoms with Gasteiger partial charge in [-0.1, -0.05) is 13.0 Å². The van der Waals surface area contributed by atoms with Crippen LogP contribution in [0.3, 0.4) is 0 Å². The van der Waals surface area contributed by atoms with Gasteiger partial charge in [-0.15, -0.1) is 0 Å². The smallest absolute Gasteiger partial charge is 0.308 e. The third-order valence-electron chi connectivity index (χ3n) is 3.00. The molecule has 0 aromatic heterocycles. The second kappa shape index (κ2) is 7.62. The summed E-state index contributed by atoms with van der Waals surface area (Å²) in [6.07, 6.45) is 0.516. The van der Waals surface area contributed by atoms with Crippen molar-refractivity contribution in [3.8, 4) is 17.2 Å². The zero-order chi connectivity index (χ0) is 15.1. The first-order valence-electron chi connectivity index (χ1n) is 6.53. The zero-order valence-corrected chi connectivity index (χ0v) is 12.7. The van der Waals surface area contributed by atoms with E-state index >= 15 is 0 Å². The molecule has 0 amide bonds. The number of rotatable bonds is 7. The molecule has 0 N–H and O–H groups in total. The highest BCUT2D eigenvalue weighted by Crippen LogP contribution is 2.40. The van der Waals surface area contributed by atoms with E-state index in [-0.39, 0.29) is 11.9 Å². The van der Waals surface area contributed by atoms with Crippen LogP contribution in [-0.2, 0) is 16.0 Å². The van der Waals surface area contributed by atoms with Gasteiger partial charge in [-0.25, -0.2) is 0 Å². The van der Waals surface area contributed by atoms with Crippen LogP contribution in [0.2, 0.25) is 0 Å². The molecule has 0 bridgehead atoms. The Hall–Kier alpha value is -1.91. The molecule has 0 radical (unpaired) electrons. The third-order valence-corrected chi connectivity index (χ3v) is 3.00. The Morgan fingerprint density at radius 3 is 2.25 bits per heavy atom. The van der Waals surface area contributed by atoms with Crippen molar-refractivity contribution in [2.24, 2.45) is 5.92 Å². The molecule has 0 aliphatic carbocycles. The first-order chi connectivity index (χ1) is 9.58. The summed E-state index contributed by atoms with van der Waals surface area (Å²) in [7, 11) is 4.69. The summed E-state index contributed by atoms with van der Waals surface area (Å²) >= 11 is 0. The normalized spacial score (nSPS) is 11.7. The first-order valence-corrected chi connectivity index (χ1v) is 6.53. The highest BCUT2D eigenvalue weighted by molar-refractivity contribution is 5.72. The predicted molar refractivity (Wildman–Crippen MR) is 75.6 cm³/mol. The second-order valence-corrected chi connectivity index (χ2v) is 4.35. The van der Waals surface area contributed by atoms with E-state index in [4.69, 9.17) is 18.9 Å². The van der Waals surface area contributed by atoms with Crippen molar-refractivity contribution >= 4 is 5.97 Å². The molecular weight excluding hydrogens is 260 g/mol. The van der Waals surface area contributed by atoms with Gasteiger partial charge in [-0.2, -0.15) is 0 Å². The van der Waals surface area contributed by atoms with E-state index in [9.17, 15) is 4.79 Å². The molecule has 1 atom stereocenters. The molecule has 5 heteroatoms. The Morgan fingerprint density at radius 1 is 1.10 bits per heavy atom. The molecule has 1 rings (SSSR count). The highest BCUT2D eigenvalue weighted by atomic mass is 16.5. The van der Waals surface area contributed by atoms with Crippen LogP contribution in [0.4, 0.5) is 0 Å². The van der Waals surface area contributed by atoms with E-state index in [0.717, 1.165) is 5.56 Å². The van der Waals surface area contributed by atoms with Gasteiger partial charge in [0, 0.05) is 0 Å². The van der Waals surface area contributed by atoms with Gasteiger partial charge in [0.2, 0.25) is 5.75 Å². The molecule has 5 nitrogen and oxygen atoms in total. The van der Waals surface area contributed by atoms with Crippen LogP contribution >= 0.6 is 0 Å². The van der Waals surface area contributed by atoms with Crippen LogP contribution < -0.4 is 14.2 Å². The van der Waals surface area contributed by atoms with E-state index in [0.29, 0.717) is 30.3 Å². The van der Waals surface area contributed by atoms with Crippen molar-refractivity contribution in [2.75, 3.05) is 27.9 Å². The average molecular weight is 282 g/mol. The Morgan fingerprint density at radius 2 is 1.75 bits per heavy atom. The second-order valence-electron chi connectivity index (χ2n) is 4.35. The molecule has 0 heterocycles. The Bertz CT molecular complexity index is 456. The fourth-order valence-corrected chi connectivity index (χ4v) is 2.02. The van der Waals surface area contributed by atoms with Crippen molar-refractivity contribution in [1.82, 2.24) is 0 Å². The maximum absolute atomic E-state index is 11.7. The maximum Gasteiger partial charge on any atom is 0.308 e. The summed E-state index contributed by atoms with van der Waals surface area (Å²) < 4.78 is 21.0. The average Bonchev–Trinajstić information content (AvgIpc) is 2.46. The van der Waals surface area contributed by atoms with E-state index < -0.39 is 0 Å². The summed E-state index contributed by atoms with van der Waals surface area (Å²) in [5.74, 6) is 1.25. The van der Waals surface area contributed by atoms with Crippen LogP contribution in [0.25, 0.3) is 0 Å². The molecule has 1 aromatic rings. The molecule has 0 fully saturated rings. The van der Waals surface area contributed by atoms with Gasteiger partial charge in [0.1, 0.15) is 0 Å². The minimum Gasteiger partial charge on any atom is -0.493 e. The molecule has 0 aliphatic heterocycles. The van der Waals surface area contributed by atoms with E-state index in [1.54, 1.807) is 34.3 Å². The van der Waals surface area contributed by atoms with Crippen molar-refractivity contribution in [1.29, 1.82) is 0 Å². The summed E-state index contributed by atoms with van der Waals surface area (Å²) in [5.41, 5.74) is 0.880. The van der Waals surface area contributed by atoms with Gasteiger partial charge in [0.15, 0.2) is 11.5 Å². The molecule has 1 aromatic carbocycles. The molecule has 0 spiro atoms. The van der Waals surface area contributed by atoms with Gasteiger partial charge in [0.05, 0.1) is 33.9 Å². The fourth-order valence-electron chi connectivity index (χ4n) is 2.02. The molecule has 0 aliphatic rings. The quantitative estimate of drug-likeness (QED) is 0.719. The van der Waals surface area contributed by atoms with Gasteiger partial charge in [-0.3, -0.25) is 4.79 Å². The minimum atomic E-state index is -0.248. The fraction of sp³-hybridized carbons (Fsp3) is 0.533. The summed E-state index contributed by atoms with van der Waals surface area (Å²) in [4.78, 5) is 11.7. The molecule has 0 saturated carbocycles. The number of carbonyl (C=O) groups is 1. The van der Waals surface area contributed by atoms with Gasteiger partial charge < -0.3 is 18.9 Å². The number of ether oxygens (including phenoxy) is 4. The zero-order valence-electron chi connectivity index (χ0n) is 12.7. The lowest BCUT2D eigenvalue weighted by atomic mass is 9.99. The van der Waals surface area contributed by atoms with Crippen LogP contribution in [0.5, 0.6) is 17.2 Å². The largest absolute Gasteiger partial charge is 0.493 e. The number of hydrogen-bond donors (Lipinski definition) is 0. The van der Waals surface area contributed by atoms with E-state index in [1.807, 2.05) is 13.0 Å². The summed E-state index contributed by atoms with van der Waals surface area (Å²) in [6, 6.07) is 3.67. The monoisotopic (exact) mass is 282 g/mol. The maximum atomic E-state index is 11.7. The van der Waals surface area contributed by atoms with Crippen molar-refractivity contribution in [3.63, 3.8) is 0 Å². The Labute approximate surface area is 119 Å². The third kappa shape index (κ3) is 3.56. The predicted octanol–water partition coefficient (Wildman–Crippen LogP) is 2.45.